The summed E-state index contributed by atoms with van der Waals surface area (Å²) in [6.07, 6.45) is -2.86. The number of nitrogens with zero attached hydrogens (tertiary/aromatic N) is 2. The van der Waals surface area contributed by atoms with Crippen LogP contribution in [-0.4, -0.2) is 24.0 Å². The lowest BCUT2D eigenvalue weighted by molar-refractivity contribution is -0.137. The topological polar surface area (TPSA) is 53.4 Å². The van der Waals surface area contributed by atoms with Gasteiger partial charge in [0.15, 0.2) is 0 Å². The van der Waals surface area contributed by atoms with E-state index in [0.717, 1.165) is 28.3 Å². The van der Waals surface area contributed by atoms with Crippen molar-refractivity contribution in [3.63, 3.8) is 0 Å². The van der Waals surface area contributed by atoms with E-state index in [4.69, 9.17) is 9.47 Å². The highest BCUT2D eigenvalue weighted by Crippen LogP contribution is 2.38. The molecule has 0 spiro atoms. The average Bonchev–Trinajstić information content (AvgIpc) is 3.39. The maximum atomic E-state index is 14.1. The van der Waals surface area contributed by atoms with Crippen LogP contribution in [0.3, 0.4) is 0 Å². The molecule has 184 valence electrons. The molecule has 1 aromatic heterocycles. The Hall–Kier alpha value is -4.07. The highest BCUT2D eigenvalue weighted by molar-refractivity contribution is 5.70. The fourth-order valence-corrected chi connectivity index (χ4v) is 4.67. The minimum atomic E-state index is -4.68. The normalized spacial score (nSPS) is 12.9. The van der Waals surface area contributed by atoms with Gasteiger partial charge in [0.25, 0.3) is 5.56 Å². The Kier molecular flexibility index (Phi) is 6.04. The fraction of sp³-hybridized carbons (Fsp3) is 0.214. The molecule has 36 heavy (non-hydrogen) atoms. The van der Waals surface area contributed by atoms with Gasteiger partial charge in [0.05, 0.1) is 31.2 Å². The molecule has 1 aliphatic carbocycles. The quantitative estimate of drug-likeness (QED) is 0.338. The van der Waals surface area contributed by atoms with Crippen LogP contribution in [-0.2, 0) is 19.0 Å². The van der Waals surface area contributed by atoms with Crippen molar-refractivity contribution in [2.75, 3.05) is 14.2 Å². The van der Waals surface area contributed by atoms with Crippen LogP contribution in [0.25, 0.3) is 28.1 Å². The number of methoxy groups -OCH3 is 2. The van der Waals surface area contributed by atoms with Crippen molar-refractivity contribution in [2.24, 2.45) is 0 Å². The van der Waals surface area contributed by atoms with E-state index in [1.807, 2.05) is 6.07 Å². The van der Waals surface area contributed by atoms with E-state index in [-0.39, 0.29) is 5.69 Å². The first kappa shape index (κ1) is 23.7. The summed E-state index contributed by atoms with van der Waals surface area (Å²) in [5, 5.41) is 4.54. The SMILES string of the molecule is COc1cc(OC)cc(-c2nn(-c3cc(-c4ccccc4)ccc3C(F)(F)F)c(=O)c3c2CCC3)c1. The van der Waals surface area contributed by atoms with Crippen LogP contribution in [0.4, 0.5) is 13.2 Å². The van der Waals surface area contributed by atoms with E-state index in [0.29, 0.717) is 46.7 Å². The van der Waals surface area contributed by atoms with Gasteiger partial charge in [-0.05, 0) is 60.2 Å². The van der Waals surface area contributed by atoms with Gasteiger partial charge < -0.3 is 9.47 Å². The molecule has 0 saturated carbocycles. The monoisotopic (exact) mass is 492 g/mol. The Morgan fingerprint density at radius 1 is 0.806 bits per heavy atom. The number of hydrogen-bond acceptors (Lipinski definition) is 4. The molecule has 5 nitrogen and oxygen atoms in total. The molecular formula is C28H23F3N2O3. The smallest absolute Gasteiger partial charge is 0.418 e. The molecule has 8 heteroatoms. The summed E-state index contributed by atoms with van der Waals surface area (Å²) >= 11 is 0. The van der Waals surface area contributed by atoms with Gasteiger partial charge in [0.1, 0.15) is 11.5 Å². The van der Waals surface area contributed by atoms with Crippen LogP contribution >= 0.6 is 0 Å². The van der Waals surface area contributed by atoms with E-state index >= 15 is 0 Å². The van der Waals surface area contributed by atoms with Gasteiger partial charge in [-0.1, -0.05) is 36.4 Å². The molecule has 0 aliphatic heterocycles. The minimum Gasteiger partial charge on any atom is -0.497 e. The molecule has 0 radical (unpaired) electrons. The summed E-state index contributed by atoms with van der Waals surface area (Å²) in [7, 11) is 3.03. The molecule has 4 aromatic rings. The fourth-order valence-electron chi connectivity index (χ4n) is 4.67. The zero-order valence-corrected chi connectivity index (χ0v) is 19.7. The summed E-state index contributed by atoms with van der Waals surface area (Å²) in [5.74, 6) is 1.02. The molecule has 0 N–H and O–H groups in total. The standard InChI is InChI=1S/C28H23F3N2O3/c1-35-20-13-19(14-21(16-20)36-2)26-22-9-6-10-23(22)27(34)33(32-26)25-15-18(17-7-4-3-5-8-17)11-12-24(25)28(29,30)31/h3-5,7-8,11-16H,6,9-10H2,1-2H3. The molecule has 3 aromatic carbocycles. The number of fused-ring (bicyclic) bond motifs is 1. The molecule has 5 rings (SSSR count). The van der Waals surface area contributed by atoms with Gasteiger partial charge in [-0.2, -0.15) is 23.0 Å². The zero-order valence-electron chi connectivity index (χ0n) is 19.7. The van der Waals surface area contributed by atoms with Crippen LogP contribution in [0, 0.1) is 0 Å². The molecule has 0 amide bonds. The second-order valence-corrected chi connectivity index (χ2v) is 8.57. The van der Waals surface area contributed by atoms with Gasteiger partial charge in [-0.15, -0.1) is 0 Å². The lowest BCUT2D eigenvalue weighted by Gasteiger charge is -2.18. The van der Waals surface area contributed by atoms with Crippen LogP contribution in [0.5, 0.6) is 11.5 Å². The summed E-state index contributed by atoms with van der Waals surface area (Å²) in [4.78, 5) is 13.5. The molecule has 0 unspecified atom stereocenters. The number of hydrogen-bond donors (Lipinski definition) is 0. The third-order valence-corrected chi connectivity index (χ3v) is 6.42. The van der Waals surface area contributed by atoms with Crippen LogP contribution in [0.15, 0.2) is 71.5 Å². The van der Waals surface area contributed by atoms with Gasteiger partial charge in [0.2, 0.25) is 0 Å². The molecule has 0 bridgehead atoms. The van der Waals surface area contributed by atoms with Crippen molar-refractivity contribution in [3.05, 3.63) is 93.8 Å². The van der Waals surface area contributed by atoms with Crippen LogP contribution < -0.4 is 15.0 Å². The van der Waals surface area contributed by atoms with E-state index < -0.39 is 17.3 Å². The van der Waals surface area contributed by atoms with Crippen LogP contribution in [0.2, 0.25) is 0 Å². The third kappa shape index (κ3) is 4.23. The van der Waals surface area contributed by atoms with Crippen molar-refractivity contribution in [1.29, 1.82) is 0 Å². The number of benzene rings is 3. The highest BCUT2D eigenvalue weighted by Gasteiger charge is 2.35. The van der Waals surface area contributed by atoms with E-state index in [2.05, 4.69) is 5.10 Å². The first-order valence-electron chi connectivity index (χ1n) is 11.5. The maximum absolute atomic E-state index is 14.1. The Labute approximate surface area is 205 Å². The van der Waals surface area contributed by atoms with Crippen LogP contribution in [0.1, 0.15) is 23.1 Å². The summed E-state index contributed by atoms with van der Waals surface area (Å²) in [6.45, 7) is 0. The van der Waals surface area contributed by atoms with Crippen molar-refractivity contribution in [1.82, 2.24) is 9.78 Å². The number of ether oxygens (including phenoxy) is 2. The van der Waals surface area contributed by atoms with Gasteiger partial charge in [-0.25, -0.2) is 0 Å². The van der Waals surface area contributed by atoms with E-state index in [1.165, 1.54) is 26.4 Å². The van der Waals surface area contributed by atoms with Crippen molar-refractivity contribution < 1.29 is 22.6 Å². The van der Waals surface area contributed by atoms with Crippen molar-refractivity contribution >= 4 is 0 Å². The summed E-state index contributed by atoms with van der Waals surface area (Å²) in [5.41, 5.74) is 1.81. The van der Waals surface area contributed by atoms with Gasteiger partial charge in [0, 0.05) is 17.2 Å². The molecule has 1 heterocycles. The Morgan fingerprint density at radius 3 is 2.11 bits per heavy atom. The predicted molar refractivity (Wildman–Crippen MR) is 131 cm³/mol. The first-order chi connectivity index (χ1) is 17.3. The Bertz CT molecular complexity index is 1470. The molecule has 0 saturated heterocycles. The first-order valence-corrected chi connectivity index (χ1v) is 11.5. The maximum Gasteiger partial charge on any atom is 0.418 e. The number of halogens is 3. The van der Waals surface area contributed by atoms with Crippen molar-refractivity contribution in [2.45, 2.75) is 25.4 Å². The lowest BCUT2D eigenvalue weighted by Crippen LogP contribution is -2.28. The average molecular weight is 492 g/mol. The number of alkyl halides is 3. The van der Waals surface area contributed by atoms with Gasteiger partial charge >= 0.3 is 6.18 Å². The lowest BCUT2D eigenvalue weighted by atomic mass is 10.0. The second kappa shape index (κ2) is 9.18. The summed E-state index contributed by atoms with van der Waals surface area (Å²) < 4.78 is 54.0. The number of aromatic nitrogens is 2. The van der Waals surface area contributed by atoms with Gasteiger partial charge in [-0.3, -0.25) is 4.79 Å². The predicted octanol–water partition coefficient (Wildman–Crippen LogP) is 6.09. The van der Waals surface area contributed by atoms with E-state index in [9.17, 15) is 18.0 Å². The van der Waals surface area contributed by atoms with E-state index in [1.54, 1.807) is 42.5 Å². The minimum absolute atomic E-state index is 0.306. The third-order valence-electron chi connectivity index (χ3n) is 6.42. The zero-order chi connectivity index (χ0) is 25.4. The Morgan fingerprint density at radius 2 is 1.47 bits per heavy atom. The van der Waals surface area contributed by atoms with Crippen molar-refractivity contribution in [3.8, 4) is 39.6 Å². The highest BCUT2D eigenvalue weighted by atomic mass is 19.4. The number of rotatable bonds is 5. The Balaban J connectivity index is 1.80. The molecule has 1 aliphatic rings. The second-order valence-electron chi connectivity index (χ2n) is 8.57. The molecular weight excluding hydrogens is 469 g/mol. The largest absolute Gasteiger partial charge is 0.497 e. The molecule has 0 atom stereocenters. The molecule has 0 fully saturated rings. The summed E-state index contributed by atoms with van der Waals surface area (Å²) in [6, 6.07) is 18.0.